The molecule has 2 aromatic heterocycles. The van der Waals surface area contributed by atoms with Crippen molar-refractivity contribution in [1.29, 1.82) is 0 Å². The molecule has 2 aromatic rings. The van der Waals surface area contributed by atoms with Crippen LogP contribution < -0.4 is 5.73 Å². The molecule has 2 atom stereocenters. The van der Waals surface area contributed by atoms with Crippen LogP contribution in [-0.2, 0) is 15.8 Å². The van der Waals surface area contributed by atoms with Gasteiger partial charge in [-0.05, 0) is 12.3 Å². The van der Waals surface area contributed by atoms with Crippen LogP contribution in [0.15, 0.2) is 6.33 Å². The highest BCUT2D eigenvalue weighted by Gasteiger charge is 2.53. The molecule has 0 saturated heterocycles. The number of aromatic nitrogens is 4. The summed E-state index contributed by atoms with van der Waals surface area (Å²) in [5.74, 6) is 0.208. The van der Waals surface area contributed by atoms with Gasteiger partial charge in [-0.1, -0.05) is 18.5 Å². The summed E-state index contributed by atoms with van der Waals surface area (Å²) in [4.78, 5) is 30.1. The fourth-order valence-corrected chi connectivity index (χ4v) is 3.11. The lowest BCUT2D eigenvalue weighted by atomic mass is 10.2. The maximum atomic E-state index is 11.0. The Morgan fingerprint density at radius 2 is 2.27 bits per heavy atom. The van der Waals surface area contributed by atoms with Gasteiger partial charge in [0, 0.05) is 0 Å². The molecule has 1 fully saturated rings. The predicted molar refractivity (Wildman–Crippen MR) is 79.3 cm³/mol. The minimum atomic E-state index is -4.22. The largest absolute Gasteiger partial charge is 0.368 e. The van der Waals surface area contributed by atoms with Crippen molar-refractivity contribution in [3.63, 3.8) is 0 Å². The van der Waals surface area contributed by atoms with E-state index in [0.29, 0.717) is 24.1 Å². The zero-order valence-electron chi connectivity index (χ0n) is 11.7. The number of nitrogens with zero attached hydrogens (tertiary/aromatic N) is 4. The number of hydrogen-bond acceptors (Lipinski definition) is 6. The van der Waals surface area contributed by atoms with Gasteiger partial charge in [0.05, 0.1) is 18.5 Å². The summed E-state index contributed by atoms with van der Waals surface area (Å²) in [6.07, 6.45) is 1.63. The third kappa shape index (κ3) is 2.95. The van der Waals surface area contributed by atoms with Crippen LogP contribution in [0.4, 0.5) is 5.95 Å². The highest BCUT2D eigenvalue weighted by atomic mass is 35.5. The van der Waals surface area contributed by atoms with E-state index in [2.05, 4.69) is 15.0 Å². The van der Waals surface area contributed by atoms with Crippen molar-refractivity contribution in [2.45, 2.75) is 25.5 Å². The van der Waals surface area contributed by atoms with Gasteiger partial charge >= 0.3 is 7.60 Å². The number of hydrogen-bond donors (Lipinski definition) is 3. The van der Waals surface area contributed by atoms with Crippen LogP contribution in [0.5, 0.6) is 0 Å². The van der Waals surface area contributed by atoms with Crippen molar-refractivity contribution in [3.05, 3.63) is 11.5 Å². The van der Waals surface area contributed by atoms with Gasteiger partial charge in [-0.15, -0.1) is 0 Å². The Labute approximate surface area is 130 Å². The minimum Gasteiger partial charge on any atom is -0.368 e. The maximum Gasteiger partial charge on any atom is 0.351 e. The van der Waals surface area contributed by atoms with Crippen molar-refractivity contribution in [1.82, 2.24) is 19.5 Å². The molecular weight excluding hydrogens is 333 g/mol. The van der Waals surface area contributed by atoms with Gasteiger partial charge in [0.25, 0.3) is 0 Å². The van der Waals surface area contributed by atoms with Crippen molar-refractivity contribution in [3.8, 4) is 0 Å². The Bertz CT molecular complexity index is 777. The summed E-state index contributed by atoms with van der Waals surface area (Å²) in [6.45, 7) is 2.31. The number of nitrogen functional groups attached to an aromatic ring is 1. The summed E-state index contributed by atoms with van der Waals surface area (Å²) in [6, 6.07) is 0. The van der Waals surface area contributed by atoms with Gasteiger partial charge in [0.2, 0.25) is 5.95 Å². The lowest BCUT2D eigenvalue weighted by molar-refractivity contribution is 0.0306. The molecule has 0 amide bonds. The van der Waals surface area contributed by atoms with E-state index in [-0.39, 0.29) is 17.0 Å². The smallest absolute Gasteiger partial charge is 0.351 e. The molecule has 120 valence electrons. The quantitative estimate of drug-likeness (QED) is 0.538. The molecule has 1 saturated carbocycles. The zero-order valence-corrected chi connectivity index (χ0v) is 13.3. The lowest BCUT2D eigenvalue weighted by Gasteiger charge is -2.19. The Morgan fingerprint density at radius 1 is 1.59 bits per heavy atom. The summed E-state index contributed by atoms with van der Waals surface area (Å²) in [7, 11) is -4.22. The van der Waals surface area contributed by atoms with E-state index in [1.165, 1.54) is 6.33 Å². The van der Waals surface area contributed by atoms with Gasteiger partial charge < -0.3 is 24.8 Å². The van der Waals surface area contributed by atoms with E-state index in [0.717, 1.165) is 0 Å². The SMILES string of the molecule is C[C@H]1C[C@@]1(Cn1cnc2c(Cl)nc(N)nc21)OCP(=O)(O)O. The average molecular weight is 348 g/mol. The first-order valence-electron chi connectivity index (χ1n) is 6.52. The summed E-state index contributed by atoms with van der Waals surface area (Å²) >= 11 is 5.97. The monoisotopic (exact) mass is 347 g/mol. The molecule has 4 N–H and O–H groups in total. The van der Waals surface area contributed by atoms with Crippen LogP contribution in [0.3, 0.4) is 0 Å². The molecule has 0 aromatic carbocycles. The summed E-state index contributed by atoms with van der Waals surface area (Å²) < 4.78 is 18.2. The molecule has 1 aliphatic carbocycles. The van der Waals surface area contributed by atoms with Crippen LogP contribution >= 0.6 is 19.2 Å². The zero-order chi connectivity index (χ0) is 16.1. The standard InChI is InChI=1S/C11H15ClN5O4P/c1-6-2-11(6,21-5-22(18,19)20)3-17-4-14-7-8(12)15-10(13)16-9(7)17/h4,6H,2-3,5H2,1H3,(H2,13,15,16)(H2,18,19,20)/t6-,11-/m0/s1. The molecule has 3 rings (SSSR count). The van der Waals surface area contributed by atoms with Crippen molar-refractivity contribution in [2.75, 3.05) is 12.1 Å². The second kappa shape index (κ2) is 5.14. The fraction of sp³-hybridized carbons (Fsp3) is 0.545. The molecule has 22 heavy (non-hydrogen) atoms. The van der Waals surface area contributed by atoms with Crippen molar-refractivity contribution in [2.24, 2.45) is 5.92 Å². The first-order chi connectivity index (χ1) is 10.2. The van der Waals surface area contributed by atoms with E-state index in [1.54, 1.807) is 4.57 Å². The lowest BCUT2D eigenvalue weighted by Crippen LogP contribution is -2.24. The molecule has 1 aliphatic rings. The Hall–Kier alpha value is -1.25. The van der Waals surface area contributed by atoms with E-state index < -0.39 is 19.5 Å². The molecule has 0 radical (unpaired) electrons. The molecule has 11 heteroatoms. The molecule has 0 spiro atoms. The van der Waals surface area contributed by atoms with Crippen molar-refractivity contribution < 1.29 is 19.1 Å². The van der Waals surface area contributed by atoms with Crippen LogP contribution in [0.25, 0.3) is 11.2 Å². The minimum absolute atomic E-state index is 0.0354. The average Bonchev–Trinajstić information content (AvgIpc) is 2.83. The third-order valence-electron chi connectivity index (χ3n) is 3.79. The molecule has 9 nitrogen and oxygen atoms in total. The van der Waals surface area contributed by atoms with Crippen LogP contribution in [0.1, 0.15) is 13.3 Å². The predicted octanol–water partition coefficient (Wildman–Crippen LogP) is 0.992. The fourth-order valence-electron chi connectivity index (χ4n) is 2.47. The molecule has 0 bridgehead atoms. The Morgan fingerprint density at radius 3 is 2.86 bits per heavy atom. The van der Waals surface area contributed by atoms with Gasteiger partial charge in [0.15, 0.2) is 10.8 Å². The van der Waals surface area contributed by atoms with E-state index >= 15 is 0 Å². The topological polar surface area (TPSA) is 136 Å². The number of halogens is 1. The Kier molecular flexibility index (Phi) is 3.65. The van der Waals surface area contributed by atoms with E-state index in [4.69, 9.17) is 31.9 Å². The molecule has 2 heterocycles. The third-order valence-corrected chi connectivity index (χ3v) is 4.52. The van der Waals surface area contributed by atoms with Crippen LogP contribution in [-0.4, -0.2) is 41.3 Å². The second-order valence-corrected chi connectivity index (χ2v) is 7.47. The van der Waals surface area contributed by atoms with Crippen LogP contribution in [0.2, 0.25) is 5.15 Å². The van der Waals surface area contributed by atoms with Gasteiger partial charge in [-0.25, -0.2) is 4.98 Å². The van der Waals surface area contributed by atoms with Gasteiger partial charge in [0.1, 0.15) is 11.9 Å². The highest BCUT2D eigenvalue weighted by molar-refractivity contribution is 7.51. The second-order valence-electron chi connectivity index (χ2n) is 5.53. The number of rotatable bonds is 5. The normalized spacial score (nSPS) is 24.8. The number of nitrogens with two attached hydrogens (primary N) is 1. The van der Waals surface area contributed by atoms with Gasteiger partial charge in [-0.3, -0.25) is 4.57 Å². The maximum absolute atomic E-state index is 11.0. The summed E-state index contributed by atoms with van der Waals surface area (Å²) in [5.41, 5.74) is 5.85. The number of anilines is 1. The number of fused-ring (bicyclic) bond motifs is 1. The first-order valence-corrected chi connectivity index (χ1v) is 8.70. The van der Waals surface area contributed by atoms with Gasteiger partial charge in [-0.2, -0.15) is 9.97 Å². The first kappa shape index (κ1) is 15.6. The highest BCUT2D eigenvalue weighted by Crippen LogP contribution is 2.50. The summed E-state index contributed by atoms with van der Waals surface area (Å²) in [5, 5.41) is 0.162. The number of ether oxygens (including phenoxy) is 1. The van der Waals surface area contributed by atoms with E-state index in [1.807, 2.05) is 6.92 Å². The van der Waals surface area contributed by atoms with Crippen LogP contribution in [0, 0.1) is 5.92 Å². The molecular formula is C11H15ClN5O4P. The van der Waals surface area contributed by atoms with E-state index in [9.17, 15) is 4.57 Å². The number of imidazole rings is 1. The molecule has 0 aliphatic heterocycles. The Balaban J connectivity index is 1.87. The molecule has 0 unspecified atom stereocenters. The van der Waals surface area contributed by atoms with Crippen molar-refractivity contribution >= 4 is 36.3 Å².